The summed E-state index contributed by atoms with van der Waals surface area (Å²) in [5.41, 5.74) is 0.394. The van der Waals surface area contributed by atoms with Crippen LogP contribution < -0.4 is 5.32 Å². The van der Waals surface area contributed by atoms with Gasteiger partial charge in [-0.05, 0) is 32.8 Å². The Hall–Kier alpha value is -2.28. The van der Waals surface area contributed by atoms with Crippen molar-refractivity contribution in [1.29, 1.82) is 0 Å². The highest BCUT2D eigenvalue weighted by Gasteiger charge is 2.34. The van der Waals surface area contributed by atoms with Crippen LogP contribution in [-0.2, 0) is 20.8 Å². The van der Waals surface area contributed by atoms with E-state index in [-0.39, 0.29) is 24.7 Å². The monoisotopic (exact) mass is 378 g/mol. The lowest BCUT2D eigenvalue weighted by Gasteiger charge is -2.38. The first-order valence-corrected chi connectivity index (χ1v) is 9.22. The molecule has 1 aliphatic heterocycles. The number of alkyl carbamates (subject to hydrolysis) is 1. The fraction of sp³-hybridized carbons (Fsp3) is 0.600. The maximum absolute atomic E-state index is 12.3. The summed E-state index contributed by atoms with van der Waals surface area (Å²) in [5, 5.41) is 2.91. The normalized spacial score (nSPS) is 20.1. The van der Waals surface area contributed by atoms with Gasteiger partial charge in [0.25, 0.3) is 0 Å². The number of ether oxygens (including phenoxy) is 3. The van der Waals surface area contributed by atoms with E-state index >= 15 is 0 Å². The van der Waals surface area contributed by atoms with Crippen LogP contribution in [0.25, 0.3) is 0 Å². The zero-order valence-electron chi connectivity index (χ0n) is 16.6. The molecule has 0 spiro atoms. The van der Waals surface area contributed by atoms with Gasteiger partial charge in [-0.1, -0.05) is 30.3 Å². The van der Waals surface area contributed by atoms with Crippen molar-refractivity contribution in [2.75, 3.05) is 26.8 Å². The average molecular weight is 378 g/mol. The van der Waals surface area contributed by atoms with E-state index in [2.05, 4.69) is 5.32 Å². The van der Waals surface area contributed by atoms with E-state index in [1.54, 1.807) is 12.0 Å². The van der Waals surface area contributed by atoms with Crippen molar-refractivity contribution < 1.29 is 23.8 Å². The fourth-order valence-electron chi connectivity index (χ4n) is 3.01. The topological polar surface area (TPSA) is 77.1 Å². The van der Waals surface area contributed by atoms with Crippen LogP contribution in [0.2, 0.25) is 0 Å². The Morgan fingerprint density at radius 3 is 2.56 bits per heavy atom. The lowest BCUT2D eigenvalue weighted by atomic mass is 9.93. The highest BCUT2D eigenvalue weighted by Crippen LogP contribution is 2.20. The van der Waals surface area contributed by atoms with Gasteiger partial charge in [0.1, 0.15) is 12.2 Å². The summed E-state index contributed by atoms with van der Waals surface area (Å²) in [5.74, 6) is -0.0273. The molecule has 1 saturated heterocycles. The standard InChI is InChI=1S/C20H30N2O5/c1-20(2,3)27-19(24)22-11-10-17(16(12-22)14-25-4)21-18(23)26-13-15-8-6-5-7-9-15/h5-9,16-17H,10-14H2,1-4H3,(H,21,23)/t16-,17+/m1/s1. The Balaban J connectivity index is 1.87. The van der Waals surface area contributed by atoms with E-state index in [0.717, 1.165) is 5.56 Å². The summed E-state index contributed by atoms with van der Waals surface area (Å²) in [6.45, 7) is 7.16. The average Bonchev–Trinajstić information content (AvgIpc) is 2.61. The van der Waals surface area contributed by atoms with E-state index < -0.39 is 11.7 Å². The number of hydrogen-bond acceptors (Lipinski definition) is 5. The third-order valence-corrected chi connectivity index (χ3v) is 4.28. The number of rotatable bonds is 5. The summed E-state index contributed by atoms with van der Waals surface area (Å²) < 4.78 is 16.0. The van der Waals surface area contributed by atoms with Gasteiger partial charge in [0.05, 0.1) is 6.61 Å². The van der Waals surface area contributed by atoms with Gasteiger partial charge in [0.15, 0.2) is 0 Å². The number of nitrogens with zero attached hydrogens (tertiary/aromatic N) is 1. The van der Waals surface area contributed by atoms with Gasteiger partial charge >= 0.3 is 12.2 Å². The maximum Gasteiger partial charge on any atom is 0.410 e. The van der Waals surface area contributed by atoms with Crippen molar-refractivity contribution in [3.8, 4) is 0 Å². The van der Waals surface area contributed by atoms with Gasteiger partial charge in [-0.2, -0.15) is 0 Å². The molecule has 2 amide bonds. The molecule has 2 rings (SSSR count). The minimum Gasteiger partial charge on any atom is -0.445 e. The summed E-state index contributed by atoms with van der Waals surface area (Å²) >= 11 is 0. The van der Waals surface area contributed by atoms with Crippen molar-refractivity contribution in [2.24, 2.45) is 5.92 Å². The van der Waals surface area contributed by atoms with E-state index in [1.807, 2.05) is 51.1 Å². The predicted molar refractivity (Wildman–Crippen MR) is 101 cm³/mol. The minimum absolute atomic E-state index is 0.0273. The zero-order valence-corrected chi connectivity index (χ0v) is 16.6. The van der Waals surface area contributed by atoms with E-state index in [1.165, 1.54) is 0 Å². The number of carbonyl (C=O) groups excluding carboxylic acids is 2. The quantitative estimate of drug-likeness (QED) is 0.851. The Labute approximate surface area is 161 Å². The van der Waals surface area contributed by atoms with Crippen LogP contribution in [-0.4, -0.2) is 55.5 Å². The molecular formula is C20H30N2O5. The maximum atomic E-state index is 12.3. The lowest BCUT2D eigenvalue weighted by molar-refractivity contribution is 0.00524. The number of methoxy groups -OCH3 is 1. The van der Waals surface area contributed by atoms with Crippen LogP contribution in [0.3, 0.4) is 0 Å². The number of piperidine rings is 1. The van der Waals surface area contributed by atoms with Crippen molar-refractivity contribution in [1.82, 2.24) is 10.2 Å². The van der Waals surface area contributed by atoms with Crippen LogP contribution in [0.1, 0.15) is 32.8 Å². The molecular weight excluding hydrogens is 348 g/mol. The van der Waals surface area contributed by atoms with Gasteiger partial charge in [0.2, 0.25) is 0 Å². The van der Waals surface area contributed by atoms with Crippen LogP contribution in [0, 0.1) is 5.92 Å². The van der Waals surface area contributed by atoms with E-state index in [0.29, 0.717) is 26.1 Å². The Morgan fingerprint density at radius 2 is 1.93 bits per heavy atom. The number of benzene rings is 1. The molecule has 1 heterocycles. The van der Waals surface area contributed by atoms with E-state index in [9.17, 15) is 9.59 Å². The SMILES string of the molecule is COC[C@H]1CN(C(=O)OC(C)(C)C)CC[C@@H]1NC(=O)OCc1ccccc1. The Morgan fingerprint density at radius 1 is 1.22 bits per heavy atom. The van der Waals surface area contributed by atoms with Gasteiger partial charge in [-0.25, -0.2) is 9.59 Å². The van der Waals surface area contributed by atoms with Gasteiger partial charge in [-0.15, -0.1) is 0 Å². The number of carbonyl (C=O) groups is 2. The first-order chi connectivity index (χ1) is 12.8. The van der Waals surface area contributed by atoms with E-state index in [4.69, 9.17) is 14.2 Å². The molecule has 0 radical (unpaired) electrons. The van der Waals surface area contributed by atoms with Crippen LogP contribution >= 0.6 is 0 Å². The molecule has 1 fully saturated rings. The smallest absolute Gasteiger partial charge is 0.410 e. The Kier molecular flexibility index (Phi) is 7.47. The van der Waals surface area contributed by atoms with Gasteiger partial charge in [0, 0.05) is 32.2 Å². The zero-order chi connectivity index (χ0) is 19.9. The second kappa shape index (κ2) is 9.60. The molecule has 0 aromatic heterocycles. The van der Waals surface area contributed by atoms with Gasteiger partial charge < -0.3 is 24.4 Å². The first-order valence-electron chi connectivity index (χ1n) is 9.22. The lowest BCUT2D eigenvalue weighted by Crippen LogP contribution is -2.54. The van der Waals surface area contributed by atoms with Crippen LogP contribution in [0.15, 0.2) is 30.3 Å². The Bertz CT molecular complexity index is 615. The summed E-state index contributed by atoms with van der Waals surface area (Å²) in [4.78, 5) is 26.1. The fourth-order valence-corrected chi connectivity index (χ4v) is 3.01. The molecule has 27 heavy (non-hydrogen) atoms. The number of hydrogen-bond donors (Lipinski definition) is 1. The summed E-state index contributed by atoms with van der Waals surface area (Å²) in [6, 6.07) is 9.40. The molecule has 1 aliphatic rings. The minimum atomic E-state index is -0.538. The van der Waals surface area contributed by atoms with Crippen molar-refractivity contribution >= 4 is 12.2 Å². The third-order valence-electron chi connectivity index (χ3n) is 4.28. The first kappa shape index (κ1) is 21.0. The van der Waals surface area contributed by atoms with Crippen molar-refractivity contribution in [2.45, 2.75) is 45.4 Å². The molecule has 7 nitrogen and oxygen atoms in total. The second-order valence-electron chi connectivity index (χ2n) is 7.74. The number of likely N-dealkylation sites (tertiary alicyclic amines) is 1. The molecule has 2 atom stereocenters. The highest BCUT2D eigenvalue weighted by molar-refractivity contribution is 5.69. The van der Waals surface area contributed by atoms with Crippen molar-refractivity contribution in [3.05, 3.63) is 35.9 Å². The van der Waals surface area contributed by atoms with Crippen molar-refractivity contribution in [3.63, 3.8) is 0 Å². The largest absolute Gasteiger partial charge is 0.445 e. The molecule has 1 N–H and O–H groups in total. The van der Waals surface area contributed by atoms with Gasteiger partial charge in [-0.3, -0.25) is 0 Å². The summed E-state index contributed by atoms with van der Waals surface area (Å²) in [6.07, 6.45) is -0.183. The third kappa shape index (κ3) is 7.09. The molecule has 0 unspecified atom stereocenters. The predicted octanol–water partition coefficient (Wildman–Crippen LogP) is 3.18. The molecule has 0 saturated carbocycles. The highest BCUT2D eigenvalue weighted by atomic mass is 16.6. The van der Waals surface area contributed by atoms with Crippen LogP contribution in [0.4, 0.5) is 9.59 Å². The van der Waals surface area contributed by atoms with Crippen LogP contribution in [0.5, 0.6) is 0 Å². The molecule has 7 heteroatoms. The molecule has 1 aromatic carbocycles. The molecule has 0 bridgehead atoms. The second-order valence-corrected chi connectivity index (χ2v) is 7.74. The number of nitrogens with one attached hydrogen (secondary N) is 1. The molecule has 0 aliphatic carbocycles. The molecule has 1 aromatic rings. The number of amides is 2. The summed E-state index contributed by atoms with van der Waals surface area (Å²) in [7, 11) is 1.61. The molecule has 150 valence electrons.